The number of sulfonamides is 1. The summed E-state index contributed by atoms with van der Waals surface area (Å²) in [5, 5.41) is 7.98. The molecule has 102 valence electrons. The first kappa shape index (κ1) is 13.8. The van der Waals surface area contributed by atoms with Crippen LogP contribution in [0.3, 0.4) is 0 Å². The number of para-hydroxylation sites is 1. The average molecular weight is 280 g/mol. The lowest BCUT2D eigenvalue weighted by atomic mass is 10.2. The van der Waals surface area contributed by atoms with E-state index in [-0.39, 0.29) is 19.5 Å². The van der Waals surface area contributed by atoms with Gasteiger partial charge in [0.05, 0.1) is 6.07 Å². The zero-order chi connectivity index (χ0) is 13.9. The number of fused-ring (bicyclic) bond motifs is 1. The second-order valence-corrected chi connectivity index (χ2v) is 6.48. The molecule has 0 aliphatic carbocycles. The Morgan fingerprint density at radius 1 is 1.47 bits per heavy atom. The molecule has 0 spiro atoms. The molecule has 1 aromatic rings. The molecule has 0 bridgehead atoms. The molecule has 0 saturated heterocycles. The molecule has 0 aromatic heterocycles. The normalized spacial score (nSPS) is 17.7. The smallest absolute Gasteiger partial charge is 0.230 e. The minimum absolute atomic E-state index is 0.261. The Labute approximate surface area is 113 Å². The van der Waals surface area contributed by atoms with E-state index in [9.17, 15) is 8.42 Å². The van der Waals surface area contributed by atoms with Crippen LogP contribution in [0, 0.1) is 11.3 Å². The first-order valence-corrected chi connectivity index (χ1v) is 7.69. The molecular formula is C13H16N2O3S. The first-order chi connectivity index (χ1) is 9.09. The van der Waals surface area contributed by atoms with E-state index in [4.69, 9.17) is 10.00 Å². The number of nitrogens with zero attached hydrogens (tertiary/aromatic N) is 2. The summed E-state index contributed by atoms with van der Waals surface area (Å²) in [6.07, 6.45) is 0.290. The molecule has 6 heteroatoms. The second-order valence-electron chi connectivity index (χ2n) is 4.36. The SMILES string of the molecule is CCC(C#N)S(=O)(=O)N1CCOc2ccccc2C1. The third-order valence-corrected chi connectivity index (χ3v) is 5.34. The van der Waals surface area contributed by atoms with E-state index < -0.39 is 15.3 Å². The summed E-state index contributed by atoms with van der Waals surface area (Å²) in [5.74, 6) is 0.713. The van der Waals surface area contributed by atoms with Crippen LogP contribution in [-0.4, -0.2) is 31.1 Å². The van der Waals surface area contributed by atoms with Crippen molar-refractivity contribution >= 4 is 10.0 Å². The number of nitriles is 1. The van der Waals surface area contributed by atoms with Crippen LogP contribution in [0.4, 0.5) is 0 Å². The van der Waals surface area contributed by atoms with Crippen molar-refractivity contribution in [3.63, 3.8) is 0 Å². The molecule has 0 saturated carbocycles. The zero-order valence-corrected chi connectivity index (χ0v) is 11.6. The van der Waals surface area contributed by atoms with E-state index in [0.717, 1.165) is 5.56 Å². The van der Waals surface area contributed by atoms with Crippen LogP contribution < -0.4 is 4.74 Å². The first-order valence-electron chi connectivity index (χ1n) is 6.19. The van der Waals surface area contributed by atoms with E-state index in [0.29, 0.717) is 12.4 Å². The molecule has 1 unspecified atom stereocenters. The predicted octanol–water partition coefficient (Wildman–Crippen LogP) is 1.51. The van der Waals surface area contributed by atoms with E-state index in [1.807, 2.05) is 30.3 Å². The number of rotatable bonds is 3. The Kier molecular flexibility index (Phi) is 4.08. The predicted molar refractivity (Wildman–Crippen MR) is 71.0 cm³/mol. The van der Waals surface area contributed by atoms with Gasteiger partial charge < -0.3 is 4.74 Å². The van der Waals surface area contributed by atoms with Gasteiger partial charge >= 0.3 is 0 Å². The number of hydrogen-bond donors (Lipinski definition) is 0. The largest absolute Gasteiger partial charge is 0.492 e. The van der Waals surface area contributed by atoms with Crippen molar-refractivity contribution in [3.05, 3.63) is 29.8 Å². The third kappa shape index (κ3) is 2.72. The van der Waals surface area contributed by atoms with Crippen molar-refractivity contribution in [3.8, 4) is 11.8 Å². The van der Waals surface area contributed by atoms with Crippen LogP contribution in [0.5, 0.6) is 5.75 Å². The molecular weight excluding hydrogens is 264 g/mol. The Balaban J connectivity index is 2.31. The van der Waals surface area contributed by atoms with Gasteiger partial charge in [-0.05, 0) is 12.5 Å². The van der Waals surface area contributed by atoms with Gasteiger partial charge in [-0.2, -0.15) is 9.57 Å². The summed E-state index contributed by atoms with van der Waals surface area (Å²) in [6, 6.07) is 9.23. The molecule has 0 N–H and O–H groups in total. The van der Waals surface area contributed by atoms with Gasteiger partial charge in [0, 0.05) is 18.7 Å². The van der Waals surface area contributed by atoms with Gasteiger partial charge in [0.1, 0.15) is 12.4 Å². The lowest BCUT2D eigenvalue weighted by molar-refractivity contribution is 0.292. The van der Waals surface area contributed by atoms with Crippen LogP contribution >= 0.6 is 0 Å². The van der Waals surface area contributed by atoms with Crippen LogP contribution in [0.25, 0.3) is 0 Å². The second kappa shape index (κ2) is 5.59. The fourth-order valence-corrected chi connectivity index (χ4v) is 3.63. The summed E-state index contributed by atoms with van der Waals surface area (Å²) in [7, 11) is -3.60. The van der Waals surface area contributed by atoms with E-state index in [1.165, 1.54) is 4.31 Å². The molecule has 1 heterocycles. The van der Waals surface area contributed by atoms with Crippen molar-refractivity contribution < 1.29 is 13.2 Å². The highest BCUT2D eigenvalue weighted by Crippen LogP contribution is 2.25. The molecule has 19 heavy (non-hydrogen) atoms. The van der Waals surface area contributed by atoms with Gasteiger partial charge in [0.25, 0.3) is 0 Å². The molecule has 0 fully saturated rings. The van der Waals surface area contributed by atoms with Crippen molar-refractivity contribution in [2.45, 2.75) is 25.1 Å². The summed E-state index contributed by atoms with van der Waals surface area (Å²) in [5.41, 5.74) is 0.830. The highest BCUT2D eigenvalue weighted by molar-refractivity contribution is 7.89. The fourth-order valence-electron chi connectivity index (χ4n) is 2.07. The van der Waals surface area contributed by atoms with Gasteiger partial charge in [-0.15, -0.1) is 0 Å². The quantitative estimate of drug-likeness (QED) is 0.841. The van der Waals surface area contributed by atoms with Crippen LogP contribution in [0.15, 0.2) is 24.3 Å². The topological polar surface area (TPSA) is 70.4 Å². The molecule has 1 aliphatic heterocycles. The number of hydrogen-bond acceptors (Lipinski definition) is 4. The third-order valence-electron chi connectivity index (χ3n) is 3.15. The maximum atomic E-state index is 12.4. The van der Waals surface area contributed by atoms with Crippen molar-refractivity contribution in [2.75, 3.05) is 13.2 Å². The van der Waals surface area contributed by atoms with Crippen molar-refractivity contribution in [1.29, 1.82) is 5.26 Å². The molecule has 1 atom stereocenters. The number of benzene rings is 1. The molecule has 0 radical (unpaired) electrons. The molecule has 1 aromatic carbocycles. The van der Waals surface area contributed by atoms with E-state index in [1.54, 1.807) is 6.92 Å². The highest BCUT2D eigenvalue weighted by Gasteiger charge is 2.32. The molecule has 5 nitrogen and oxygen atoms in total. The Morgan fingerprint density at radius 3 is 2.89 bits per heavy atom. The summed E-state index contributed by atoms with van der Waals surface area (Å²) in [6.45, 7) is 2.54. The van der Waals surface area contributed by atoms with Gasteiger partial charge in [-0.25, -0.2) is 8.42 Å². The summed E-state index contributed by atoms with van der Waals surface area (Å²) in [4.78, 5) is 0. The van der Waals surface area contributed by atoms with Gasteiger partial charge in [0.15, 0.2) is 5.25 Å². The number of ether oxygens (including phenoxy) is 1. The maximum Gasteiger partial charge on any atom is 0.230 e. The van der Waals surface area contributed by atoms with Crippen LogP contribution in [0.1, 0.15) is 18.9 Å². The fraction of sp³-hybridized carbons (Fsp3) is 0.462. The van der Waals surface area contributed by atoms with Gasteiger partial charge in [-0.3, -0.25) is 0 Å². The van der Waals surface area contributed by atoms with Crippen molar-refractivity contribution in [2.24, 2.45) is 0 Å². The van der Waals surface area contributed by atoms with Gasteiger partial charge in [-0.1, -0.05) is 25.1 Å². The Hall–Kier alpha value is -1.58. The minimum atomic E-state index is -3.60. The molecule has 0 amide bonds. The van der Waals surface area contributed by atoms with Gasteiger partial charge in [0.2, 0.25) is 10.0 Å². The van der Waals surface area contributed by atoms with Crippen LogP contribution in [0.2, 0.25) is 0 Å². The Morgan fingerprint density at radius 2 is 2.21 bits per heavy atom. The van der Waals surface area contributed by atoms with E-state index in [2.05, 4.69) is 0 Å². The zero-order valence-electron chi connectivity index (χ0n) is 10.7. The maximum absolute atomic E-state index is 12.4. The Bertz CT molecular complexity index is 592. The standard InChI is InChI=1S/C13H16N2O3S/c1-2-12(9-14)19(16,17)15-7-8-18-13-6-4-3-5-11(13)10-15/h3-6,12H,2,7-8,10H2,1H3. The average Bonchev–Trinajstić information content (AvgIpc) is 2.62. The molecule has 2 rings (SSSR count). The summed E-state index contributed by atoms with van der Waals surface area (Å²) < 4.78 is 31.6. The lowest BCUT2D eigenvalue weighted by Crippen LogP contribution is -2.38. The van der Waals surface area contributed by atoms with E-state index >= 15 is 0 Å². The monoisotopic (exact) mass is 280 g/mol. The van der Waals surface area contributed by atoms with Crippen LogP contribution in [-0.2, 0) is 16.6 Å². The highest BCUT2D eigenvalue weighted by atomic mass is 32.2. The minimum Gasteiger partial charge on any atom is -0.492 e. The lowest BCUT2D eigenvalue weighted by Gasteiger charge is -2.21. The molecule has 1 aliphatic rings. The summed E-state index contributed by atoms with van der Waals surface area (Å²) >= 11 is 0. The van der Waals surface area contributed by atoms with Crippen molar-refractivity contribution in [1.82, 2.24) is 4.31 Å².